The van der Waals surface area contributed by atoms with Crippen molar-refractivity contribution in [1.29, 1.82) is 0 Å². The predicted octanol–water partition coefficient (Wildman–Crippen LogP) is 4.00. The van der Waals surface area contributed by atoms with Crippen molar-refractivity contribution in [2.24, 2.45) is 5.14 Å². The van der Waals surface area contributed by atoms with Gasteiger partial charge in [-0.1, -0.05) is 18.5 Å². The first-order valence-electron chi connectivity index (χ1n) is 7.72. The van der Waals surface area contributed by atoms with Crippen LogP contribution in [0, 0.1) is 0 Å². The highest BCUT2D eigenvalue weighted by molar-refractivity contribution is 7.89. The summed E-state index contributed by atoms with van der Waals surface area (Å²) in [6.07, 6.45) is 0.657. The monoisotopic (exact) mass is 409 g/mol. The Morgan fingerprint density at radius 2 is 1.96 bits per heavy atom. The largest absolute Gasteiger partial charge is 0.497 e. The average molecular weight is 410 g/mol. The van der Waals surface area contributed by atoms with E-state index in [0.29, 0.717) is 17.0 Å². The maximum absolute atomic E-state index is 13.0. The number of benzene rings is 2. The number of halogens is 1. The number of ether oxygens (including phenoxy) is 1. The van der Waals surface area contributed by atoms with Gasteiger partial charge in [-0.2, -0.15) is 0 Å². The molecular formula is C18H16ClNO4S2. The van der Waals surface area contributed by atoms with Gasteiger partial charge in [-0.15, -0.1) is 11.3 Å². The van der Waals surface area contributed by atoms with Crippen LogP contribution in [-0.4, -0.2) is 21.3 Å². The maximum Gasteiger partial charge on any atom is 0.239 e. The van der Waals surface area contributed by atoms with E-state index in [1.54, 1.807) is 7.11 Å². The minimum atomic E-state index is -4.02. The standard InChI is InChI=1S/C18H16ClNO4S2/c1-3-12-13-9-11(24-2)5-7-15(13)25-18(12)17(21)10-4-6-14(19)16(8-10)26(20,22)23/h4-9H,3H2,1-2H3,(H2,20,22,23). The second kappa shape index (κ2) is 7.00. The molecule has 5 nitrogen and oxygen atoms in total. The Morgan fingerprint density at radius 1 is 1.23 bits per heavy atom. The van der Waals surface area contributed by atoms with E-state index >= 15 is 0 Å². The Balaban J connectivity index is 2.17. The van der Waals surface area contributed by atoms with Crippen molar-refractivity contribution in [2.75, 3.05) is 7.11 Å². The molecule has 1 aromatic heterocycles. The number of aryl methyl sites for hydroxylation is 1. The second-order valence-corrected chi connectivity index (χ2v) is 8.63. The molecule has 3 aromatic rings. The highest BCUT2D eigenvalue weighted by atomic mass is 35.5. The molecular weight excluding hydrogens is 394 g/mol. The molecule has 0 saturated carbocycles. The molecule has 136 valence electrons. The van der Waals surface area contributed by atoms with Crippen LogP contribution in [0.15, 0.2) is 41.3 Å². The summed E-state index contributed by atoms with van der Waals surface area (Å²) in [6.45, 7) is 1.97. The molecule has 2 aromatic carbocycles. The van der Waals surface area contributed by atoms with Gasteiger partial charge in [0.05, 0.1) is 17.0 Å². The molecule has 3 rings (SSSR count). The molecule has 0 amide bonds. The molecule has 1 heterocycles. The third-order valence-corrected chi connectivity index (χ3v) is 6.66. The van der Waals surface area contributed by atoms with Crippen molar-refractivity contribution in [1.82, 2.24) is 0 Å². The lowest BCUT2D eigenvalue weighted by Crippen LogP contribution is -2.14. The van der Waals surface area contributed by atoms with Crippen molar-refractivity contribution in [3.05, 3.63) is 57.4 Å². The molecule has 8 heteroatoms. The van der Waals surface area contributed by atoms with Crippen molar-refractivity contribution in [3.8, 4) is 5.75 Å². The van der Waals surface area contributed by atoms with Crippen LogP contribution < -0.4 is 9.88 Å². The number of hydrogen-bond acceptors (Lipinski definition) is 5. The lowest BCUT2D eigenvalue weighted by atomic mass is 10.0. The molecule has 0 bridgehead atoms. The predicted molar refractivity (Wildman–Crippen MR) is 104 cm³/mol. The minimum Gasteiger partial charge on any atom is -0.497 e. The van der Waals surface area contributed by atoms with Crippen LogP contribution in [0.5, 0.6) is 5.75 Å². The van der Waals surface area contributed by atoms with Gasteiger partial charge in [-0.25, -0.2) is 13.6 Å². The van der Waals surface area contributed by atoms with E-state index < -0.39 is 10.0 Å². The number of sulfonamides is 1. The normalized spacial score (nSPS) is 11.7. The Kier molecular flexibility index (Phi) is 5.07. The summed E-state index contributed by atoms with van der Waals surface area (Å²) in [7, 11) is -2.43. The molecule has 26 heavy (non-hydrogen) atoms. The molecule has 0 spiro atoms. The number of nitrogens with two attached hydrogens (primary N) is 1. The lowest BCUT2D eigenvalue weighted by molar-refractivity contribution is 0.104. The summed E-state index contributed by atoms with van der Waals surface area (Å²) in [4.78, 5) is 13.4. The maximum atomic E-state index is 13.0. The van der Waals surface area contributed by atoms with Crippen LogP contribution in [0.25, 0.3) is 10.1 Å². The fourth-order valence-electron chi connectivity index (χ4n) is 2.78. The Morgan fingerprint density at radius 3 is 2.58 bits per heavy atom. The van der Waals surface area contributed by atoms with E-state index in [1.807, 2.05) is 25.1 Å². The van der Waals surface area contributed by atoms with E-state index in [9.17, 15) is 13.2 Å². The van der Waals surface area contributed by atoms with Crippen molar-refractivity contribution >= 4 is 48.8 Å². The minimum absolute atomic E-state index is 0.0131. The molecule has 0 aliphatic rings. The molecule has 0 aliphatic heterocycles. The average Bonchev–Trinajstić information content (AvgIpc) is 2.97. The zero-order valence-electron chi connectivity index (χ0n) is 14.1. The van der Waals surface area contributed by atoms with Gasteiger partial charge in [0, 0.05) is 15.6 Å². The highest BCUT2D eigenvalue weighted by Crippen LogP contribution is 2.36. The first-order chi connectivity index (χ1) is 12.3. The molecule has 0 radical (unpaired) electrons. The number of fused-ring (bicyclic) bond motifs is 1. The van der Waals surface area contributed by atoms with E-state index in [1.165, 1.54) is 29.5 Å². The van der Waals surface area contributed by atoms with Crippen LogP contribution in [0.1, 0.15) is 27.7 Å². The second-order valence-electron chi connectivity index (χ2n) is 5.64. The van der Waals surface area contributed by atoms with Crippen LogP contribution in [0.2, 0.25) is 5.02 Å². The quantitative estimate of drug-likeness (QED) is 0.645. The number of carbonyl (C=O) groups excluding carboxylic acids is 1. The van der Waals surface area contributed by atoms with Crippen LogP contribution in [-0.2, 0) is 16.4 Å². The SMILES string of the molecule is CCc1c(C(=O)c2ccc(Cl)c(S(N)(=O)=O)c2)sc2ccc(OC)cc12. The van der Waals surface area contributed by atoms with Crippen LogP contribution >= 0.6 is 22.9 Å². The first-order valence-corrected chi connectivity index (χ1v) is 10.5. The van der Waals surface area contributed by atoms with E-state index in [2.05, 4.69) is 0 Å². The van der Waals surface area contributed by atoms with Gasteiger partial charge in [0.1, 0.15) is 10.6 Å². The molecule has 2 N–H and O–H groups in total. The first kappa shape index (κ1) is 18.8. The topological polar surface area (TPSA) is 86.5 Å². The summed E-state index contributed by atoms with van der Waals surface area (Å²) in [5.74, 6) is 0.454. The summed E-state index contributed by atoms with van der Waals surface area (Å²) < 4.78 is 29.6. The summed E-state index contributed by atoms with van der Waals surface area (Å²) in [6, 6.07) is 9.75. The van der Waals surface area contributed by atoms with Gasteiger partial charge in [0.2, 0.25) is 15.8 Å². The number of primary sulfonamides is 1. The van der Waals surface area contributed by atoms with Gasteiger partial charge in [-0.3, -0.25) is 4.79 Å². The summed E-state index contributed by atoms with van der Waals surface area (Å²) in [5, 5.41) is 6.13. The zero-order valence-corrected chi connectivity index (χ0v) is 16.5. The Hall–Kier alpha value is -1.93. The van der Waals surface area contributed by atoms with Gasteiger partial charge >= 0.3 is 0 Å². The summed E-state index contributed by atoms with van der Waals surface area (Å²) >= 11 is 7.28. The van der Waals surface area contributed by atoms with E-state index in [4.69, 9.17) is 21.5 Å². The highest BCUT2D eigenvalue weighted by Gasteiger charge is 2.22. The van der Waals surface area contributed by atoms with Crippen LogP contribution in [0.3, 0.4) is 0 Å². The van der Waals surface area contributed by atoms with Gasteiger partial charge in [0.15, 0.2) is 0 Å². The number of carbonyl (C=O) groups is 1. The smallest absolute Gasteiger partial charge is 0.239 e. The number of hydrogen-bond donors (Lipinski definition) is 1. The van der Waals surface area contributed by atoms with Crippen LogP contribution in [0.4, 0.5) is 0 Å². The molecule has 0 saturated heterocycles. The fraction of sp³-hybridized carbons (Fsp3) is 0.167. The fourth-order valence-corrected chi connectivity index (χ4v) is 5.09. The van der Waals surface area contributed by atoms with E-state index in [0.717, 1.165) is 15.6 Å². The number of thiophene rings is 1. The Bertz CT molecular complexity index is 1120. The van der Waals surface area contributed by atoms with Crippen molar-refractivity contribution < 1.29 is 17.9 Å². The van der Waals surface area contributed by atoms with Gasteiger partial charge < -0.3 is 4.74 Å². The number of methoxy groups -OCH3 is 1. The number of ketones is 1. The number of rotatable bonds is 5. The van der Waals surface area contributed by atoms with Gasteiger partial charge in [-0.05, 0) is 48.4 Å². The molecule has 0 fully saturated rings. The summed E-state index contributed by atoms with van der Waals surface area (Å²) in [5.41, 5.74) is 1.13. The Labute approximate surface area is 160 Å². The third-order valence-electron chi connectivity index (χ3n) is 4.06. The van der Waals surface area contributed by atoms with Crippen molar-refractivity contribution in [3.63, 3.8) is 0 Å². The van der Waals surface area contributed by atoms with Gasteiger partial charge in [0.25, 0.3) is 0 Å². The zero-order chi connectivity index (χ0) is 19.1. The molecule has 0 unspecified atom stereocenters. The third kappa shape index (κ3) is 3.35. The lowest BCUT2D eigenvalue weighted by Gasteiger charge is -2.06. The van der Waals surface area contributed by atoms with E-state index in [-0.39, 0.29) is 21.3 Å². The molecule has 0 aliphatic carbocycles. The van der Waals surface area contributed by atoms with Crippen molar-refractivity contribution in [2.45, 2.75) is 18.2 Å². The molecule has 0 atom stereocenters.